The van der Waals surface area contributed by atoms with Crippen LogP contribution in [0.3, 0.4) is 0 Å². The number of rotatable bonds is 9. The lowest BCUT2D eigenvalue weighted by atomic mass is 10.2. The summed E-state index contributed by atoms with van der Waals surface area (Å²) in [5.41, 5.74) is 8.28. The van der Waals surface area contributed by atoms with Gasteiger partial charge in [-0.25, -0.2) is 9.18 Å². The van der Waals surface area contributed by atoms with Gasteiger partial charge >= 0.3 is 6.03 Å². The van der Waals surface area contributed by atoms with Crippen molar-refractivity contribution in [3.8, 4) is 0 Å². The Labute approximate surface area is 213 Å². The quantitative estimate of drug-likeness (QED) is 0.401. The van der Waals surface area contributed by atoms with E-state index < -0.39 is 5.82 Å². The Morgan fingerprint density at radius 3 is 2.69 bits per heavy atom. The summed E-state index contributed by atoms with van der Waals surface area (Å²) in [6, 6.07) is 8.84. The van der Waals surface area contributed by atoms with Crippen LogP contribution >= 0.6 is 11.3 Å². The van der Waals surface area contributed by atoms with Crippen molar-refractivity contribution in [1.29, 1.82) is 0 Å². The van der Waals surface area contributed by atoms with Crippen LogP contribution in [0.2, 0.25) is 0 Å². The molecule has 1 aromatic carbocycles. The molecule has 0 atom stereocenters. The molecule has 1 aliphatic rings. The number of nitrogens with two attached hydrogens (primary N) is 1. The van der Waals surface area contributed by atoms with Gasteiger partial charge in [0.05, 0.1) is 24.6 Å². The summed E-state index contributed by atoms with van der Waals surface area (Å²) < 4.78 is 19.0. The molecule has 0 saturated carbocycles. The van der Waals surface area contributed by atoms with E-state index in [4.69, 9.17) is 10.5 Å². The van der Waals surface area contributed by atoms with Gasteiger partial charge in [-0.1, -0.05) is 12.1 Å². The SMILES string of the molecule is Nc1cscc1NC(=O)c1ccc(CN(CCCN2CCOCC2)C(=O)Nc2cccc(F)c2)cn1. The lowest BCUT2D eigenvalue weighted by molar-refractivity contribution is 0.0365. The highest BCUT2D eigenvalue weighted by molar-refractivity contribution is 7.09. The molecule has 3 aromatic rings. The van der Waals surface area contributed by atoms with Crippen LogP contribution in [-0.4, -0.2) is 66.1 Å². The second-order valence-electron chi connectivity index (χ2n) is 8.42. The molecule has 0 radical (unpaired) electrons. The number of amides is 3. The molecule has 1 aliphatic heterocycles. The van der Waals surface area contributed by atoms with Crippen LogP contribution in [-0.2, 0) is 11.3 Å². The van der Waals surface area contributed by atoms with Crippen LogP contribution in [0, 0.1) is 5.82 Å². The molecular formula is C25H29FN6O3S. The van der Waals surface area contributed by atoms with E-state index in [-0.39, 0.29) is 24.2 Å². The minimum atomic E-state index is -0.422. The minimum Gasteiger partial charge on any atom is -0.396 e. The molecule has 190 valence electrons. The van der Waals surface area contributed by atoms with E-state index >= 15 is 0 Å². The van der Waals surface area contributed by atoms with Crippen molar-refractivity contribution in [2.24, 2.45) is 0 Å². The maximum Gasteiger partial charge on any atom is 0.322 e. The van der Waals surface area contributed by atoms with Gasteiger partial charge in [0.25, 0.3) is 5.91 Å². The third-order valence-electron chi connectivity index (χ3n) is 5.74. The number of anilines is 3. The van der Waals surface area contributed by atoms with Gasteiger partial charge in [-0.2, -0.15) is 0 Å². The molecule has 3 amide bonds. The van der Waals surface area contributed by atoms with Crippen LogP contribution in [0.4, 0.5) is 26.2 Å². The number of hydrogen-bond acceptors (Lipinski definition) is 7. The Hall–Kier alpha value is -3.54. The van der Waals surface area contributed by atoms with Gasteiger partial charge in [0, 0.05) is 55.4 Å². The number of hydrogen-bond donors (Lipinski definition) is 3. The lowest BCUT2D eigenvalue weighted by Gasteiger charge is -2.28. The highest BCUT2D eigenvalue weighted by Gasteiger charge is 2.17. The smallest absolute Gasteiger partial charge is 0.322 e. The molecule has 3 heterocycles. The minimum absolute atomic E-state index is 0.243. The third kappa shape index (κ3) is 7.23. The zero-order valence-corrected chi connectivity index (χ0v) is 20.6. The molecule has 1 fully saturated rings. The number of nitrogen functional groups attached to an aromatic ring is 1. The van der Waals surface area contributed by atoms with Gasteiger partial charge in [-0.15, -0.1) is 11.3 Å². The Morgan fingerprint density at radius 2 is 2.00 bits per heavy atom. The lowest BCUT2D eigenvalue weighted by Crippen LogP contribution is -2.40. The largest absolute Gasteiger partial charge is 0.396 e. The summed E-state index contributed by atoms with van der Waals surface area (Å²) in [5.74, 6) is -0.785. The zero-order valence-electron chi connectivity index (χ0n) is 19.8. The van der Waals surface area contributed by atoms with Gasteiger partial charge in [-0.05, 0) is 36.2 Å². The summed E-state index contributed by atoms with van der Waals surface area (Å²) in [5, 5.41) is 9.01. The van der Waals surface area contributed by atoms with Crippen LogP contribution < -0.4 is 16.4 Å². The number of aromatic nitrogens is 1. The summed E-state index contributed by atoms with van der Waals surface area (Å²) >= 11 is 1.40. The molecule has 11 heteroatoms. The molecule has 0 aliphatic carbocycles. The predicted octanol–water partition coefficient (Wildman–Crippen LogP) is 3.87. The average Bonchev–Trinajstić information content (AvgIpc) is 3.28. The summed E-state index contributed by atoms with van der Waals surface area (Å²) in [4.78, 5) is 33.8. The molecule has 4 N–H and O–H groups in total. The van der Waals surface area contributed by atoms with Crippen molar-refractivity contribution < 1.29 is 18.7 Å². The maximum atomic E-state index is 13.6. The van der Waals surface area contributed by atoms with Crippen molar-refractivity contribution >= 4 is 40.3 Å². The number of pyridine rings is 1. The topological polar surface area (TPSA) is 113 Å². The molecule has 0 bridgehead atoms. The normalized spacial score (nSPS) is 13.8. The Kier molecular flexibility index (Phi) is 8.82. The molecule has 0 spiro atoms. The number of thiophene rings is 1. The molecule has 4 rings (SSSR count). The molecular weight excluding hydrogens is 483 g/mol. The number of carbonyl (C=O) groups excluding carboxylic acids is 2. The fourth-order valence-electron chi connectivity index (χ4n) is 3.80. The van der Waals surface area contributed by atoms with Crippen molar-refractivity contribution in [2.75, 3.05) is 55.8 Å². The summed E-state index contributed by atoms with van der Waals surface area (Å²) in [7, 11) is 0. The average molecular weight is 513 g/mol. The van der Waals surface area contributed by atoms with Crippen LogP contribution in [0.5, 0.6) is 0 Å². The highest BCUT2D eigenvalue weighted by Crippen LogP contribution is 2.23. The first-order chi connectivity index (χ1) is 17.5. The van der Waals surface area contributed by atoms with Crippen LogP contribution in [0.1, 0.15) is 22.5 Å². The monoisotopic (exact) mass is 512 g/mol. The van der Waals surface area contributed by atoms with E-state index in [2.05, 4.69) is 20.5 Å². The fourth-order valence-corrected chi connectivity index (χ4v) is 4.47. The molecule has 2 aromatic heterocycles. The number of benzene rings is 1. The first-order valence-electron chi connectivity index (χ1n) is 11.7. The summed E-state index contributed by atoms with van der Waals surface area (Å²) in [6.45, 7) is 4.81. The number of ether oxygens (including phenoxy) is 1. The van der Waals surface area contributed by atoms with E-state index in [1.54, 1.807) is 46.1 Å². The van der Waals surface area contributed by atoms with Crippen LogP contribution in [0.15, 0.2) is 53.4 Å². The highest BCUT2D eigenvalue weighted by atomic mass is 32.1. The van der Waals surface area contributed by atoms with E-state index in [0.29, 0.717) is 36.8 Å². The first kappa shape index (κ1) is 25.5. The van der Waals surface area contributed by atoms with Crippen molar-refractivity contribution in [3.05, 3.63) is 70.4 Å². The van der Waals surface area contributed by atoms with E-state index in [1.807, 2.05) is 0 Å². The van der Waals surface area contributed by atoms with Crippen molar-refractivity contribution in [2.45, 2.75) is 13.0 Å². The van der Waals surface area contributed by atoms with Crippen LogP contribution in [0.25, 0.3) is 0 Å². The number of carbonyl (C=O) groups is 2. The molecule has 9 nitrogen and oxygen atoms in total. The molecule has 1 saturated heterocycles. The van der Waals surface area contributed by atoms with E-state index in [1.165, 1.54) is 23.5 Å². The first-order valence-corrected chi connectivity index (χ1v) is 12.6. The third-order valence-corrected chi connectivity index (χ3v) is 6.50. The number of urea groups is 1. The predicted molar refractivity (Wildman–Crippen MR) is 139 cm³/mol. The van der Waals surface area contributed by atoms with Crippen molar-refractivity contribution in [1.82, 2.24) is 14.8 Å². The Morgan fingerprint density at radius 1 is 1.17 bits per heavy atom. The van der Waals surface area contributed by atoms with Gasteiger partial charge in [0.1, 0.15) is 11.5 Å². The number of nitrogens with one attached hydrogen (secondary N) is 2. The molecule has 0 unspecified atom stereocenters. The number of halogens is 1. The van der Waals surface area contributed by atoms with Gasteiger partial charge < -0.3 is 26.0 Å². The second kappa shape index (κ2) is 12.4. The fraction of sp³-hybridized carbons (Fsp3) is 0.320. The van der Waals surface area contributed by atoms with Gasteiger partial charge in [0.15, 0.2) is 0 Å². The van der Waals surface area contributed by atoms with Gasteiger partial charge in [-0.3, -0.25) is 14.7 Å². The van der Waals surface area contributed by atoms with E-state index in [0.717, 1.165) is 31.6 Å². The Bertz CT molecular complexity index is 1170. The van der Waals surface area contributed by atoms with E-state index in [9.17, 15) is 14.0 Å². The zero-order chi connectivity index (χ0) is 25.3. The standard InChI is InChI=1S/C25H29FN6O3S/c26-19-3-1-4-20(13-19)29-25(34)32(8-2-7-31-9-11-35-12-10-31)15-18-5-6-22(28-14-18)24(33)30-23-17-36-16-21(23)27/h1,3-6,13-14,16-17H,2,7-12,15,27H2,(H,29,34)(H,30,33). The maximum absolute atomic E-state index is 13.6. The second-order valence-corrected chi connectivity index (χ2v) is 9.16. The Balaban J connectivity index is 1.39. The number of morpholine rings is 1. The molecule has 36 heavy (non-hydrogen) atoms. The number of nitrogens with zero attached hydrogens (tertiary/aromatic N) is 3. The van der Waals surface area contributed by atoms with Gasteiger partial charge in [0.2, 0.25) is 0 Å². The van der Waals surface area contributed by atoms with Crippen molar-refractivity contribution in [3.63, 3.8) is 0 Å². The summed E-state index contributed by atoms with van der Waals surface area (Å²) in [6.07, 6.45) is 2.35.